The Hall–Kier alpha value is -3.40. The molecule has 0 aliphatic carbocycles. The molecular formula is C22H19Cl2N7O2. The second kappa shape index (κ2) is 8.86. The van der Waals surface area contributed by atoms with E-state index in [1.807, 2.05) is 42.5 Å². The predicted octanol–water partition coefficient (Wildman–Crippen LogP) is 4.82. The van der Waals surface area contributed by atoms with Gasteiger partial charge < -0.3 is 19.4 Å². The lowest BCUT2D eigenvalue weighted by Crippen LogP contribution is -2.37. The lowest BCUT2D eigenvalue weighted by atomic mass is 10.1. The zero-order valence-corrected chi connectivity index (χ0v) is 18.9. The van der Waals surface area contributed by atoms with E-state index in [-0.39, 0.29) is 12.4 Å². The van der Waals surface area contributed by atoms with E-state index in [1.165, 1.54) is 0 Å². The van der Waals surface area contributed by atoms with Crippen LogP contribution in [0.3, 0.4) is 0 Å². The number of rotatable bonds is 4. The van der Waals surface area contributed by atoms with Gasteiger partial charge in [-0.15, -0.1) is 12.4 Å². The SMILES string of the molecule is Cl.Clc1cccc(-c2cc(Nc3nc(N4CCOCC4)c4oc5ncccc5c4n3)n[nH]2)c1. The second-order valence-electron chi connectivity index (χ2n) is 7.41. The summed E-state index contributed by atoms with van der Waals surface area (Å²) in [7, 11) is 0. The zero-order chi connectivity index (χ0) is 21.5. The molecule has 1 aliphatic heterocycles. The van der Waals surface area contributed by atoms with Crippen molar-refractivity contribution in [2.45, 2.75) is 0 Å². The van der Waals surface area contributed by atoms with Crippen LogP contribution >= 0.6 is 24.0 Å². The van der Waals surface area contributed by atoms with Crippen LogP contribution in [0.2, 0.25) is 5.02 Å². The fourth-order valence-corrected chi connectivity index (χ4v) is 4.00. The van der Waals surface area contributed by atoms with Crippen molar-refractivity contribution in [2.75, 3.05) is 36.5 Å². The molecule has 5 heterocycles. The first kappa shape index (κ1) is 21.4. The van der Waals surface area contributed by atoms with Crippen molar-refractivity contribution in [3.63, 3.8) is 0 Å². The monoisotopic (exact) mass is 483 g/mol. The third-order valence-corrected chi connectivity index (χ3v) is 5.57. The van der Waals surface area contributed by atoms with Crippen molar-refractivity contribution < 1.29 is 9.15 Å². The van der Waals surface area contributed by atoms with Gasteiger partial charge in [0.05, 0.1) is 24.3 Å². The van der Waals surface area contributed by atoms with Crippen LogP contribution < -0.4 is 10.2 Å². The van der Waals surface area contributed by atoms with Crippen molar-refractivity contribution in [3.05, 3.63) is 53.7 Å². The molecule has 0 radical (unpaired) electrons. The first-order chi connectivity index (χ1) is 15.7. The number of nitrogens with one attached hydrogen (secondary N) is 2. The van der Waals surface area contributed by atoms with Gasteiger partial charge in [0.1, 0.15) is 5.52 Å². The number of aromatic amines is 1. The first-order valence-corrected chi connectivity index (χ1v) is 10.6. The van der Waals surface area contributed by atoms with Crippen LogP contribution in [0, 0.1) is 0 Å². The van der Waals surface area contributed by atoms with E-state index >= 15 is 0 Å². The van der Waals surface area contributed by atoms with Crippen LogP contribution in [0.1, 0.15) is 0 Å². The lowest BCUT2D eigenvalue weighted by Gasteiger charge is -2.27. The van der Waals surface area contributed by atoms with Crippen LogP contribution in [0.15, 0.2) is 53.1 Å². The molecule has 0 saturated carbocycles. The van der Waals surface area contributed by atoms with E-state index in [9.17, 15) is 0 Å². The van der Waals surface area contributed by atoms with Gasteiger partial charge in [0.15, 0.2) is 17.2 Å². The smallest absolute Gasteiger partial charge is 0.231 e. The molecule has 5 aromatic rings. The minimum Gasteiger partial charge on any atom is -0.432 e. The standard InChI is InChI=1S/C22H18ClN7O2.ClH/c23-14-4-1-3-13(11-14)16-12-17(29-28-16)25-22-26-18-15-5-2-6-24-21(15)32-19(18)20(27-22)30-7-9-31-10-8-30;/h1-6,11-12H,7-10H2,(H2,25,26,27,28,29);1H. The van der Waals surface area contributed by atoms with Crippen LogP contribution in [-0.4, -0.2) is 51.5 Å². The Labute approximate surface area is 199 Å². The number of furan rings is 1. The number of hydrogen-bond acceptors (Lipinski definition) is 8. The summed E-state index contributed by atoms with van der Waals surface area (Å²) in [6, 6.07) is 13.3. The molecule has 0 atom stereocenters. The van der Waals surface area contributed by atoms with Crippen molar-refractivity contribution in [1.29, 1.82) is 0 Å². The molecule has 1 fully saturated rings. The number of anilines is 3. The molecule has 1 aromatic carbocycles. The van der Waals surface area contributed by atoms with Gasteiger partial charge in [-0.2, -0.15) is 10.1 Å². The Kier molecular flexibility index (Phi) is 5.76. The Bertz CT molecular complexity index is 1430. The average molecular weight is 484 g/mol. The Morgan fingerprint density at radius 2 is 1.94 bits per heavy atom. The van der Waals surface area contributed by atoms with Gasteiger partial charge in [-0.25, -0.2) is 9.97 Å². The molecule has 168 valence electrons. The molecule has 0 amide bonds. The van der Waals surface area contributed by atoms with Crippen LogP contribution in [0.25, 0.3) is 33.5 Å². The number of benzene rings is 1. The molecule has 0 spiro atoms. The van der Waals surface area contributed by atoms with E-state index in [1.54, 1.807) is 6.20 Å². The maximum atomic E-state index is 6.12. The number of fused-ring (bicyclic) bond motifs is 3. The Morgan fingerprint density at radius 1 is 1.06 bits per heavy atom. The van der Waals surface area contributed by atoms with Crippen molar-refractivity contribution >= 4 is 63.8 Å². The van der Waals surface area contributed by atoms with Gasteiger partial charge in [0.2, 0.25) is 11.7 Å². The molecule has 4 aromatic heterocycles. The fraction of sp³-hybridized carbons (Fsp3) is 0.182. The maximum absolute atomic E-state index is 6.12. The summed E-state index contributed by atoms with van der Waals surface area (Å²) < 4.78 is 11.5. The van der Waals surface area contributed by atoms with Gasteiger partial charge in [-0.3, -0.25) is 5.10 Å². The van der Waals surface area contributed by atoms with Gasteiger partial charge >= 0.3 is 0 Å². The minimum absolute atomic E-state index is 0. The second-order valence-corrected chi connectivity index (χ2v) is 7.84. The van der Waals surface area contributed by atoms with E-state index < -0.39 is 0 Å². The number of nitrogens with zero attached hydrogens (tertiary/aromatic N) is 5. The number of pyridine rings is 1. The highest BCUT2D eigenvalue weighted by molar-refractivity contribution is 6.30. The van der Waals surface area contributed by atoms with Gasteiger partial charge in [-0.1, -0.05) is 23.7 Å². The largest absolute Gasteiger partial charge is 0.432 e. The molecular weight excluding hydrogens is 465 g/mol. The summed E-state index contributed by atoms with van der Waals surface area (Å²) in [5.74, 6) is 1.73. The quantitative estimate of drug-likeness (QED) is 0.374. The summed E-state index contributed by atoms with van der Waals surface area (Å²) >= 11 is 6.12. The van der Waals surface area contributed by atoms with E-state index in [4.69, 9.17) is 30.7 Å². The maximum Gasteiger partial charge on any atom is 0.231 e. The molecule has 11 heteroatoms. The number of hydrogen-bond donors (Lipinski definition) is 2. The Balaban J connectivity index is 0.00000228. The predicted molar refractivity (Wildman–Crippen MR) is 130 cm³/mol. The third-order valence-electron chi connectivity index (χ3n) is 5.34. The molecule has 33 heavy (non-hydrogen) atoms. The molecule has 0 bridgehead atoms. The number of aromatic nitrogens is 5. The summed E-state index contributed by atoms with van der Waals surface area (Å²) in [6.45, 7) is 2.71. The Morgan fingerprint density at radius 3 is 2.79 bits per heavy atom. The summed E-state index contributed by atoms with van der Waals surface area (Å²) in [5, 5.41) is 12.1. The van der Waals surface area contributed by atoms with Crippen LogP contribution in [-0.2, 0) is 4.74 Å². The highest BCUT2D eigenvalue weighted by Crippen LogP contribution is 2.34. The van der Waals surface area contributed by atoms with Crippen molar-refractivity contribution in [1.82, 2.24) is 25.1 Å². The van der Waals surface area contributed by atoms with Crippen LogP contribution in [0.5, 0.6) is 0 Å². The van der Waals surface area contributed by atoms with E-state index in [0.29, 0.717) is 52.6 Å². The van der Waals surface area contributed by atoms with Gasteiger partial charge in [0, 0.05) is 35.9 Å². The molecule has 1 aliphatic rings. The fourth-order valence-electron chi connectivity index (χ4n) is 3.81. The van der Waals surface area contributed by atoms with Crippen LogP contribution in [0.4, 0.5) is 17.6 Å². The topological polar surface area (TPSA) is 105 Å². The normalized spacial score (nSPS) is 13.9. The van der Waals surface area contributed by atoms with Gasteiger partial charge in [0.25, 0.3) is 0 Å². The first-order valence-electron chi connectivity index (χ1n) is 10.2. The van der Waals surface area contributed by atoms with E-state index in [2.05, 4.69) is 25.4 Å². The molecule has 6 rings (SSSR count). The lowest BCUT2D eigenvalue weighted by molar-refractivity contribution is 0.122. The highest BCUT2D eigenvalue weighted by Gasteiger charge is 2.22. The van der Waals surface area contributed by atoms with Crippen molar-refractivity contribution in [3.8, 4) is 11.3 Å². The molecule has 0 unspecified atom stereocenters. The molecule has 2 N–H and O–H groups in total. The van der Waals surface area contributed by atoms with Crippen molar-refractivity contribution in [2.24, 2.45) is 0 Å². The molecule has 1 saturated heterocycles. The number of ether oxygens (including phenoxy) is 1. The average Bonchev–Trinajstić information content (AvgIpc) is 3.44. The van der Waals surface area contributed by atoms with Gasteiger partial charge in [-0.05, 0) is 24.3 Å². The summed E-state index contributed by atoms with van der Waals surface area (Å²) in [5.41, 5.74) is 3.63. The number of morpholine rings is 1. The zero-order valence-electron chi connectivity index (χ0n) is 17.3. The number of halogens is 2. The van der Waals surface area contributed by atoms with E-state index in [0.717, 1.165) is 29.7 Å². The molecule has 9 nitrogen and oxygen atoms in total. The number of H-pyrrole nitrogens is 1. The third kappa shape index (κ3) is 4.06. The summed E-state index contributed by atoms with van der Waals surface area (Å²) in [4.78, 5) is 16.0. The highest BCUT2D eigenvalue weighted by atomic mass is 35.5. The summed E-state index contributed by atoms with van der Waals surface area (Å²) in [6.07, 6.45) is 1.70. The minimum atomic E-state index is 0.